The van der Waals surface area contributed by atoms with E-state index < -0.39 is 0 Å². The van der Waals surface area contributed by atoms with Crippen LogP contribution >= 0.6 is 0 Å². The molecule has 1 aromatic rings. The van der Waals surface area contributed by atoms with Crippen molar-refractivity contribution in [1.82, 2.24) is 14.9 Å². The van der Waals surface area contributed by atoms with E-state index in [4.69, 9.17) is 5.73 Å². The summed E-state index contributed by atoms with van der Waals surface area (Å²) in [7, 11) is 0. The van der Waals surface area contributed by atoms with Crippen LogP contribution in [0.3, 0.4) is 0 Å². The van der Waals surface area contributed by atoms with Gasteiger partial charge in [0.25, 0.3) is 0 Å². The summed E-state index contributed by atoms with van der Waals surface area (Å²) in [6.07, 6.45) is 0.825. The lowest BCUT2D eigenvalue weighted by Crippen LogP contribution is -2.47. The number of nitrogens with zero attached hydrogens (tertiary/aromatic N) is 4. The summed E-state index contributed by atoms with van der Waals surface area (Å²) in [6, 6.07) is 1.89. The van der Waals surface area contributed by atoms with E-state index in [1.165, 1.54) is 6.54 Å². The molecule has 2 rings (SSSR count). The summed E-state index contributed by atoms with van der Waals surface area (Å²) in [4.78, 5) is 13.6. The van der Waals surface area contributed by atoms with Crippen molar-refractivity contribution < 1.29 is 0 Å². The van der Waals surface area contributed by atoms with Crippen molar-refractivity contribution in [3.05, 3.63) is 11.9 Å². The molecule has 0 spiro atoms. The summed E-state index contributed by atoms with van der Waals surface area (Å²) in [5.41, 5.74) is 5.85. The van der Waals surface area contributed by atoms with Crippen LogP contribution in [0.15, 0.2) is 6.07 Å². The average Bonchev–Trinajstić information content (AvgIpc) is 2.38. The summed E-state index contributed by atoms with van der Waals surface area (Å²) < 4.78 is 0. The number of aryl methyl sites for hydroxylation is 1. The molecule has 1 aliphatic heterocycles. The van der Waals surface area contributed by atoms with Crippen molar-refractivity contribution in [3.8, 4) is 0 Å². The van der Waals surface area contributed by atoms with Gasteiger partial charge in [0.15, 0.2) is 0 Å². The quantitative estimate of drug-likeness (QED) is 0.890. The molecule has 1 saturated heterocycles. The molecule has 0 bridgehead atoms. The van der Waals surface area contributed by atoms with Crippen LogP contribution in [-0.4, -0.2) is 47.6 Å². The fourth-order valence-corrected chi connectivity index (χ4v) is 2.50. The van der Waals surface area contributed by atoms with Gasteiger partial charge in [0.05, 0.1) is 0 Å². The lowest BCUT2D eigenvalue weighted by atomic mass is 10.2. The van der Waals surface area contributed by atoms with Gasteiger partial charge < -0.3 is 10.6 Å². The highest BCUT2D eigenvalue weighted by atomic mass is 15.3. The summed E-state index contributed by atoms with van der Waals surface area (Å²) in [5.74, 6) is 3.12. The Labute approximate surface area is 115 Å². The largest absolute Gasteiger partial charge is 0.384 e. The first-order valence-corrected chi connectivity index (χ1v) is 7.19. The minimum atomic E-state index is 0.575. The van der Waals surface area contributed by atoms with E-state index in [0.717, 1.165) is 50.2 Å². The maximum Gasteiger partial charge on any atom is 0.134 e. The van der Waals surface area contributed by atoms with E-state index in [9.17, 15) is 0 Å². The lowest BCUT2D eigenvalue weighted by Gasteiger charge is -2.36. The smallest absolute Gasteiger partial charge is 0.134 e. The van der Waals surface area contributed by atoms with E-state index in [1.807, 2.05) is 6.07 Å². The monoisotopic (exact) mass is 263 g/mol. The number of piperazine rings is 1. The third-order valence-corrected chi connectivity index (χ3v) is 3.41. The van der Waals surface area contributed by atoms with E-state index in [-0.39, 0.29) is 0 Å². The predicted octanol–water partition coefficient (Wildman–Crippen LogP) is 1.40. The van der Waals surface area contributed by atoms with Gasteiger partial charge in [-0.15, -0.1) is 0 Å². The first kappa shape index (κ1) is 14.1. The fraction of sp³-hybridized carbons (Fsp3) is 0.714. The van der Waals surface area contributed by atoms with Crippen molar-refractivity contribution in [3.63, 3.8) is 0 Å². The molecule has 0 aromatic carbocycles. The van der Waals surface area contributed by atoms with Gasteiger partial charge in [-0.3, -0.25) is 4.90 Å². The predicted molar refractivity (Wildman–Crippen MR) is 79.3 cm³/mol. The SMILES string of the molecule is CCc1nc(N)cc(N2CCN(CC(C)C)CC2)n1. The maximum absolute atomic E-state index is 5.85. The van der Waals surface area contributed by atoms with Gasteiger partial charge in [-0.1, -0.05) is 20.8 Å². The van der Waals surface area contributed by atoms with Gasteiger partial charge in [-0.2, -0.15) is 0 Å². The topological polar surface area (TPSA) is 58.3 Å². The Bertz CT molecular complexity index is 410. The van der Waals surface area contributed by atoms with E-state index in [2.05, 4.69) is 40.5 Å². The third kappa shape index (κ3) is 3.80. The highest BCUT2D eigenvalue weighted by molar-refractivity contribution is 5.47. The molecule has 5 nitrogen and oxygen atoms in total. The molecule has 19 heavy (non-hydrogen) atoms. The number of anilines is 2. The average molecular weight is 263 g/mol. The number of nitrogen functional groups attached to an aromatic ring is 1. The molecule has 0 saturated carbocycles. The molecule has 0 unspecified atom stereocenters. The van der Waals surface area contributed by atoms with Crippen molar-refractivity contribution in [2.24, 2.45) is 5.92 Å². The Balaban J connectivity index is 1.99. The van der Waals surface area contributed by atoms with Gasteiger partial charge in [0.1, 0.15) is 17.5 Å². The summed E-state index contributed by atoms with van der Waals surface area (Å²) >= 11 is 0. The molecule has 0 aliphatic carbocycles. The normalized spacial score (nSPS) is 17.2. The number of aromatic nitrogens is 2. The molecule has 1 aromatic heterocycles. The van der Waals surface area contributed by atoms with Gasteiger partial charge in [0, 0.05) is 45.2 Å². The van der Waals surface area contributed by atoms with Crippen LogP contribution in [-0.2, 0) is 6.42 Å². The van der Waals surface area contributed by atoms with Crippen LogP contribution in [0.2, 0.25) is 0 Å². The van der Waals surface area contributed by atoms with Crippen molar-refractivity contribution in [2.75, 3.05) is 43.4 Å². The van der Waals surface area contributed by atoms with Crippen LogP contribution in [0, 0.1) is 5.92 Å². The Morgan fingerprint density at radius 1 is 1.21 bits per heavy atom. The second-order valence-electron chi connectivity index (χ2n) is 5.60. The lowest BCUT2D eigenvalue weighted by molar-refractivity contribution is 0.231. The molecular formula is C14H25N5. The molecule has 0 atom stereocenters. The van der Waals surface area contributed by atoms with Crippen LogP contribution in [0.4, 0.5) is 11.6 Å². The second kappa shape index (κ2) is 6.19. The Kier molecular flexibility index (Phi) is 4.58. The van der Waals surface area contributed by atoms with Crippen LogP contribution in [0.25, 0.3) is 0 Å². The molecule has 106 valence electrons. The molecule has 5 heteroatoms. The molecule has 0 radical (unpaired) electrons. The van der Waals surface area contributed by atoms with Crippen molar-refractivity contribution in [1.29, 1.82) is 0 Å². The van der Waals surface area contributed by atoms with Gasteiger partial charge in [-0.05, 0) is 5.92 Å². The van der Waals surface area contributed by atoms with Gasteiger partial charge in [0.2, 0.25) is 0 Å². The zero-order valence-corrected chi connectivity index (χ0v) is 12.3. The zero-order chi connectivity index (χ0) is 13.8. The molecule has 1 aliphatic rings. The highest BCUT2D eigenvalue weighted by Gasteiger charge is 2.19. The Morgan fingerprint density at radius 2 is 1.89 bits per heavy atom. The van der Waals surface area contributed by atoms with E-state index >= 15 is 0 Å². The third-order valence-electron chi connectivity index (χ3n) is 3.41. The minimum absolute atomic E-state index is 0.575. The van der Waals surface area contributed by atoms with Gasteiger partial charge >= 0.3 is 0 Å². The van der Waals surface area contributed by atoms with Gasteiger partial charge in [-0.25, -0.2) is 9.97 Å². The maximum atomic E-state index is 5.85. The van der Waals surface area contributed by atoms with Crippen LogP contribution in [0.5, 0.6) is 0 Å². The van der Waals surface area contributed by atoms with Crippen molar-refractivity contribution >= 4 is 11.6 Å². The number of hydrogen-bond donors (Lipinski definition) is 1. The molecule has 1 fully saturated rings. The molecule has 2 heterocycles. The minimum Gasteiger partial charge on any atom is -0.384 e. The standard InChI is InChI=1S/C14H25N5/c1-4-13-16-12(15)9-14(17-13)19-7-5-18(6-8-19)10-11(2)3/h9,11H,4-8,10H2,1-3H3,(H2,15,16,17). The first-order chi connectivity index (χ1) is 9.08. The number of hydrogen-bond acceptors (Lipinski definition) is 5. The van der Waals surface area contributed by atoms with E-state index in [0.29, 0.717) is 5.82 Å². The van der Waals surface area contributed by atoms with Crippen LogP contribution in [0.1, 0.15) is 26.6 Å². The van der Waals surface area contributed by atoms with Crippen molar-refractivity contribution in [2.45, 2.75) is 27.2 Å². The summed E-state index contributed by atoms with van der Waals surface area (Å²) in [5, 5.41) is 0. The zero-order valence-electron chi connectivity index (χ0n) is 12.3. The highest BCUT2D eigenvalue weighted by Crippen LogP contribution is 2.17. The fourth-order valence-electron chi connectivity index (χ4n) is 2.50. The van der Waals surface area contributed by atoms with E-state index in [1.54, 1.807) is 0 Å². The first-order valence-electron chi connectivity index (χ1n) is 7.19. The summed E-state index contributed by atoms with van der Waals surface area (Å²) in [6.45, 7) is 12.0. The number of rotatable bonds is 4. The number of nitrogens with two attached hydrogens (primary N) is 1. The molecular weight excluding hydrogens is 238 g/mol. The van der Waals surface area contributed by atoms with Crippen LogP contribution < -0.4 is 10.6 Å². The Morgan fingerprint density at radius 3 is 2.47 bits per heavy atom. The second-order valence-corrected chi connectivity index (χ2v) is 5.60. The molecule has 2 N–H and O–H groups in total. The molecule has 0 amide bonds. The Hall–Kier alpha value is -1.36.